The molecule has 0 amide bonds. The molecular weight excluding hydrogens is 266 g/mol. The lowest BCUT2D eigenvalue weighted by Crippen LogP contribution is -1.87. The number of halogens is 3. The lowest BCUT2D eigenvalue weighted by atomic mass is 10.1. The molecule has 0 atom stereocenters. The first-order valence-electron chi connectivity index (χ1n) is 4.36. The molecule has 0 saturated heterocycles. The largest absolute Gasteiger partial charge is 0.207 e. The number of allylic oxidation sites excluding steroid dienone is 1. The van der Waals surface area contributed by atoms with Crippen molar-refractivity contribution in [2.75, 3.05) is 0 Å². The van der Waals surface area contributed by atoms with Crippen molar-refractivity contribution in [2.24, 2.45) is 0 Å². The molecule has 0 N–H and O–H groups in total. The van der Waals surface area contributed by atoms with Crippen LogP contribution in [0.2, 0.25) is 5.02 Å². The van der Waals surface area contributed by atoms with Crippen molar-refractivity contribution < 1.29 is 4.39 Å². The van der Waals surface area contributed by atoms with Gasteiger partial charge in [-0.1, -0.05) is 34.1 Å². The first-order chi connectivity index (χ1) is 6.58. The van der Waals surface area contributed by atoms with E-state index in [0.29, 0.717) is 5.02 Å². The molecule has 0 spiro atoms. The summed E-state index contributed by atoms with van der Waals surface area (Å²) in [7, 11) is 0. The summed E-state index contributed by atoms with van der Waals surface area (Å²) < 4.78 is 13.9. The van der Waals surface area contributed by atoms with Gasteiger partial charge in [-0.3, -0.25) is 0 Å². The predicted octanol–water partition coefficient (Wildman–Crippen LogP) is 4.71. The van der Waals surface area contributed by atoms with Crippen LogP contribution in [-0.2, 0) is 6.42 Å². The molecule has 0 aromatic heterocycles. The van der Waals surface area contributed by atoms with E-state index in [0.717, 1.165) is 29.3 Å². The zero-order chi connectivity index (χ0) is 10.6. The zero-order valence-corrected chi connectivity index (χ0v) is 10.0. The average Bonchev–Trinajstić information content (AvgIpc) is 2.01. The van der Waals surface area contributed by atoms with Crippen LogP contribution in [-0.4, -0.2) is 0 Å². The molecule has 3 heteroatoms. The monoisotopic (exact) mass is 276 g/mol. The van der Waals surface area contributed by atoms with Crippen molar-refractivity contribution in [2.45, 2.75) is 19.3 Å². The van der Waals surface area contributed by atoms with Gasteiger partial charge in [0.1, 0.15) is 5.82 Å². The minimum absolute atomic E-state index is 0.273. The molecule has 1 rings (SSSR count). The highest BCUT2D eigenvalue weighted by molar-refractivity contribution is 9.11. The van der Waals surface area contributed by atoms with Crippen molar-refractivity contribution in [1.29, 1.82) is 0 Å². The van der Waals surface area contributed by atoms with Gasteiger partial charge in [0.25, 0.3) is 0 Å². The minimum atomic E-state index is -0.273. The summed E-state index contributed by atoms with van der Waals surface area (Å²) in [5.74, 6) is -0.273. The third-order valence-corrected chi connectivity index (χ3v) is 2.45. The third kappa shape index (κ3) is 4.25. The second-order valence-electron chi connectivity index (χ2n) is 3.15. The van der Waals surface area contributed by atoms with Crippen molar-refractivity contribution in [3.05, 3.63) is 45.7 Å². The fraction of sp³-hybridized carbons (Fsp3) is 0.273. The van der Waals surface area contributed by atoms with Crippen LogP contribution in [0.25, 0.3) is 0 Å². The normalized spacial score (nSPS) is 10.2. The SMILES string of the molecule is C=C(Br)CCCc1cc(F)cc(Cl)c1. The van der Waals surface area contributed by atoms with E-state index in [1.165, 1.54) is 12.1 Å². The summed E-state index contributed by atoms with van der Waals surface area (Å²) in [5, 5.41) is 0.456. The van der Waals surface area contributed by atoms with Gasteiger partial charge >= 0.3 is 0 Å². The van der Waals surface area contributed by atoms with E-state index >= 15 is 0 Å². The van der Waals surface area contributed by atoms with Gasteiger partial charge in [-0.05, 0) is 47.5 Å². The van der Waals surface area contributed by atoms with Gasteiger partial charge in [0.05, 0.1) is 0 Å². The molecule has 14 heavy (non-hydrogen) atoms. The molecule has 0 unspecified atom stereocenters. The van der Waals surface area contributed by atoms with Gasteiger partial charge in [0, 0.05) is 5.02 Å². The number of rotatable bonds is 4. The standard InChI is InChI=1S/C11H11BrClF/c1-8(12)3-2-4-9-5-10(13)7-11(14)6-9/h5-7H,1-4H2. The number of hydrogen-bond donors (Lipinski definition) is 0. The van der Waals surface area contributed by atoms with Crippen LogP contribution in [0.3, 0.4) is 0 Å². The van der Waals surface area contributed by atoms with E-state index in [-0.39, 0.29) is 5.82 Å². The second-order valence-corrected chi connectivity index (χ2v) is 4.71. The van der Waals surface area contributed by atoms with Crippen molar-refractivity contribution in [1.82, 2.24) is 0 Å². The molecular formula is C11H11BrClF. The molecule has 0 aliphatic carbocycles. The topological polar surface area (TPSA) is 0 Å². The lowest BCUT2D eigenvalue weighted by molar-refractivity contribution is 0.624. The van der Waals surface area contributed by atoms with Crippen LogP contribution in [0, 0.1) is 5.82 Å². The van der Waals surface area contributed by atoms with Crippen LogP contribution in [0.15, 0.2) is 29.3 Å². The zero-order valence-electron chi connectivity index (χ0n) is 7.69. The quantitative estimate of drug-likeness (QED) is 0.747. The number of hydrogen-bond acceptors (Lipinski definition) is 0. The Labute approximate surface area is 96.9 Å². The Kier molecular flexibility index (Phi) is 4.63. The lowest BCUT2D eigenvalue weighted by Gasteiger charge is -2.02. The molecule has 0 aliphatic heterocycles. The van der Waals surface area contributed by atoms with E-state index in [2.05, 4.69) is 22.5 Å². The van der Waals surface area contributed by atoms with Crippen LogP contribution < -0.4 is 0 Å². The maximum atomic E-state index is 12.9. The van der Waals surface area contributed by atoms with E-state index in [1.54, 1.807) is 6.07 Å². The van der Waals surface area contributed by atoms with Crippen molar-refractivity contribution in [3.63, 3.8) is 0 Å². The maximum Gasteiger partial charge on any atom is 0.124 e. The van der Waals surface area contributed by atoms with Gasteiger partial charge < -0.3 is 0 Å². The third-order valence-electron chi connectivity index (χ3n) is 1.84. The number of benzene rings is 1. The fourth-order valence-corrected chi connectivity index (χ4v) is 1.76. The summed E-state index contributed by atoms with van der Waals surface area (Å²) in [5.41, 5.74) is 0.934. The molecule has 1 aromatic carbocycles. The van der Waals surface area contributed by atoms with E-state index < -0.39 is 0 Å². The summed E-state index contributed by atoms with van der Waals surface area (Å²) in [6.07, 6.45) is 2.67. The smallest absolute Gasteiger partial charge is 0.124 e. The molecule has 76 valence electrons. The van der Waals surface area contributed by atoms with Gasteiger partial charge in [-0.15, -0.1) is 0 Å². The average molecular weight is 278 g/mol. The Morgan fingerprint density at radius 3 is 2.71 bits per heavy atom. The van der Waals surface area contributed by atoms with Gasteiger partial charge in [0.2, 0.25) is 0 Å². The Hall–Kier alpha value is -0.340. The summed E-state index contributed by atoms with van der Waals surface area (Å²) in [4.78, 5) is 0. The van der Waals surface area contributed by atoms with Crippen LogP contribution in [0.1, 0.15) is 18.4 Å². The van der Waals surface area contributed by atoms with Gasteiger partial charge in [-0.25, -0.2) is 4.39 Å². The highest BCUT2D eigenvalue weighted by Crippen LogP contribution is 2.17. The number of aryl methyl sites for hydroxylation is 1. The second kappa shape index (κ2) is 5.52. The molecule has 0 radical (unpaired) electrons. The van der Waals surface area contributed by atoms with Crippen LogP contribution in [0.4, 0.5) is 4.39 Å². The first-order valence-corrected chi connectivity index (χ1v) is 5.53. The van der Waals surface area contributed by atoms with Gasteiger partial charge in [-0.2, -0.15) is 0 Å². The molecule has 1 aromatic rings. The molecule has 0 heterocycles. The van der Waals surface area contributed by atoms with Gasteiger partial charge in [0.15, 0.2) is 0 Å². The minimum Gasteiger partial charge on any atom is -0.207 e. The Morgan fingerprint density at radius 1 is 1.43 bits per heavy atom. The Balaban J connectivity index is 2.54. The molecule has 0 aliphatic rings. The van der Waals surface area contributed by atoms with E-state index in [1.807, 2.05) is 0 Å². The fourth-order valence-electron chi connectivity index (χ4n) is 1.24. The molecule has 0 saturated carbocycles. The predicted molar refractivity (Wildman–Crippen MR) is 62.4 cm³/mol. The Bertz CT molecular complexity index is 316. The molecule has 0 bridgehead atoms. The summed E-state index contributed by atoms with van der Waals surface area (Å²) in [6, 6.07) is 4.62. The van der Waals surface area contributed by atoms with Crippen LogP contribution in [0.5, 0.6) is 0 Å². The van der Waals surface area contributed by atoms with Crippen molar-refractivity contribution >= 4 is 27.5 Å². The first kappa shape index (κ1) is 11.7. The Morgan fingerprint density at radius 2 is 2.14 bits per heavy atom. The van der Waals surface area contributed by atoms with Crippen LogP contribution >= 0.6 is 27.5 Å². The molecule has 0 fully saturated rings. The van der Waals surface area contributed by atoms with E-state index in [9.17, 15) is 4.39 Å². The van der Waals surface area contributed by atoms with E-state index in [4.69, 9.17) is 11.6 Å². The van der Waals surface area contributed by atoms with Crippen molar-refractivity contribution in [3.8, 4) is 0 Å². The summed E-state index contributed by atoms with van der Waals surface area (Å²) >= 11 is 9.01. The summed E-state index contributed by atoms with van der Waals surface area (Å²) in [6.45, 7) is 3.74. The molecule has 0 nitrogen and oxygen atoms in total. The highest BCUT2D eigenvalue weighted by Gasteiger charge is 1.99. The highest BCUT2D eigenvalue weighted by atomic mass is 79.9. The maximum absolute atomic E-state index is 12.9.